The summed E-state index contributed by atoms with van der Waals surface area (Å²) < 4.78 is 15.9. The van der Waals surface area contributed by atoms with Crippen molar-refractivity contribution in [2.45, 2.75) is 51.6 Å². The number of esters is 2. The molecule has 3 rings (SSSR count). The lowest BCUT2D eigenvalue weighted by atomic mass is 10.1. The molecule has 0 aromatic heterocycles. The largest absolute Gasteiger partial charge is 0.461 e. The van der Waals surface area contributed by atoms with Gasteiger partial charge >= 0.3 is 11.9 Å². The maximum absolute atomic E-state index is 13.0. The van der Waals surface area contributed by atoms with Crippen LogP contribution < -0.4 is 4.90 Å². The number of amides is 1. The summed E-state index contributed by atoms with van der Waals surface area (Å²) >= 11 is 0. The van der Waals surface area contributed by atoms with E-state index in [9.17, 15) is 19.5 Å². The number of morpholine rings is 1. The van der Waals surface area contributed by atoms with Crippen LogP contribution in [0.25, 0.3) is 0 Å². The average molecular weight is 456 g/mol. The molecule has 0 radical (unpaired) electrons. The Hall–Kier alpha value is -3.23. The highest BCUT2D eigenvalue weighted by molar-refractivity contribution is 6.00. The molecule has 1 heterocycles. The van der Waals surface area contributed by atoms with Gasteiger partial charge in [0, 0.05) is 12.2 Å². The van der Waals surface area contributed by atoms with Crippen LogP contribution in [0.4, 0.5) is 5.69 Å². The second-order valence-corrected chi connectivity index (χ2v) is 8.75. The Kier molecular flexibility index (Phi) is 7.84. The Morgan fingerprint density at radius 1 is 1.12 bits per heavy atom. The molecule has 176 valence electrons. The fourth-order valence-corrected chi connectivity index (χ4v) is 3.36. The second-order valence-electron chi connectivity index (χ2n) is 8.75. The number of carbonyl (C=O) groups is 3. The maximum Gasteiger partial charge on any atom is 0.338 e. The molecule has 0 spiro atoms. The van der Waals surface area contributed by atoms with Crippen molar-refractivity contribution >= 4 is 23.5 Å². The van der Waals surface area contributed by atoms with Crippen molar-refractivity contribution in [2.24, 2.45) is 0 Å². The minimum absolute atomic E-state index is 0.0448. The number of benzene rings is 2. The van der Waals surface area contributed by atoms with Gasteiger partial charge in [0.25, 0.3) is 5.91 Å². The van der Waals surface area contributed by atoms with Crippen LogP contribution in [-0.4, -0.2) is 53.9 Å². The van der Waals surface area contributed by atoms with Gasteiger partial charge in [-0.3, -0.25) is 9.59 Å². The summed E-state index contributed by atoms with van der Waals surface area (Å²) in [6.07, 6.45) is -3.06. The molecule has 0 saturated carbocycles. The van der Waals surface area contributed by atoms with Crippen LogP contribution in [0.5, 0.6) is 0 Å². The number of hydrogen-bond donors (Lipinski definition) is 1. The molecule has 1 N–H and O–H groups in total. The third-order valence-corrected chi connectivity index (χ3v) is 4.87. The minimum Gasteiger partial charge on any atom is -0.461 e. The zero-order valence-corrected chi connectivity index (χ0v) is 19.0. The highest BCUT2D eigenvalue weighted by Crippen LogP contribution is 2.23. The van der Waals surface area contributed by atoms with Crippen molar-refractivity contribution in [2.75, 3.05) is 18.1 Å². The van der Waals surface area contributed by atoms with Crippen molar-refractivity contribution in [3.05, 3.63) is 65.7 Å². The van der Waals surface area contributed by atoms with Crippen LogP contribution >= 0.6 is 0 Å². The molecule has 8 nitrogen and oxygen atoms in total. The summed E-state index contributed by atoms with van der Waals surface area (Å²) in [5.41, 5.74) is 1.30. The zero-order valence-electron chi connectivity index (χ0n) is 19.0. The number of aliphatic hydroxyl groups is 1. The van der Waals surface area contributed by atoms with Crippen LogP contribution in [0.2, 0.25) is 0 Å². The first-order valence-corrected chi connectivity index (χ1v) is 10.8. The molecule has 0 bridgehead atoms. The van der Waals surface area contributed by atoms with Gasteiger partial charge in [-0.2, -0.15) is 0 Å². The summed E-state index contributed by atoms with van der Waals surface area (Å²) in [5.74, 6) is -1.86. The maximum atomic E-state index is 13.0. The monoisotopic (exact) mass is 455 g/mol. The minimum atomic E-state index is -1.74. The molecule has 1 aliphatic heterocycles. The van der Waals surface area contributed by atoms with Crippen LogP contribution in [0.15, 0.2) is 54.6 Å². The molecule has 2 unspecified atom stereocenters. The lowest BCUT2D eigenvalue weighted by molar-refractivity contribution is -0.177. The second kappa shape index (κ2) is 10.6. The summed E-state index contributed by atoms with van der Waals surface area (Å²) in [6.45, 7) is 5.58. The number of ether oxygens (including phenoxy) is 3. The summed E-state index contributed by atoms with van der Waals surface area (Å²) in [7, 11) is 0. The first-order chi connectivity index (χ1) is 15.6. The highest BCUT2D eigenvalue weighted by atomic mass is 16.6. The molecule has 0 aliphatic carbocycles. The van der Waals surface area contributed by atoms with Crippen molar-refractivity contribution in [3.8, 4) is 0 Å². The molecule has 1 saturated heterocycles. The van der Waals surface area contributed by atoms with Crippen molar-refractivity contribution in [1.82, 2.24) is 0 Å². The highest BCUT2D eigenvalue weighted by Gasteiger charge is 2.41. The Balaban J connectivity index is 1.64. The van der Waals surface area contributed by atoms with Crippen molar-refractivity contribution in [3.63, 3.8) is 0 Å². The van der Waals surface area contributed by atoms with Gasteiger partial charge in [-0.05, 0) is 44.0 Å². The van der Waals surface area contributed by atoms with E-state index < -0.39 is 29.7 Å². The molecule has 1 aliphatic rings. The lowest BCUT2D eigenvalue weighted by Crippen LogP contribution is -2.55. The van der Waals surface area contributed by atoms with Gasteiger partial charge in [0.2, 0.25) is 0 Å². The molecule has 1 amide bonds. The molecule has 33 heavy (non-hydrogen) atoms. The topological polar surface area (TPSA) is 102 Å². The van der Waals surface area contributed by atoms with Gasteiger partial charge in [0.05, 0.1) is 13.0 Å². The predicted octanol–water partition coefficient (Wildman–Crippen LogP) is 2.41. The summed E-state index contributed by atoms with van der Waals surface area (Å²) in [4.78, 5) is 38.9. The third kappa shape index (κ3) is 6.87. The van der Waals surface area contributed by atoms with E-state index in [4.69, 9.17) is 14.2 Å². The Labute approximate surface area is 193 Å². The van der Waals surface area contributed by atoms with E-state index in [1.54, 1.807) is 45.0 Å². The van der Waals surface area contributed by atoms with E-state index in [0.717, 1.165) is 5.56 Å². The van der Waals surface area contributed by atoms with Gasteiger partial charge in [-0.15, -0.1) is 0 Å². The quantitative estimate of drug-likeness (QED) is 0.640. The Morgan fingerprint density at radius 3 is 2.52 bits per heavy atom. The lowest BCUT2D eigenvalue weighted by Gasteiger charge is -2.34. The summed E-state index contributed by atoms with van der Waals surface area (Å²) in [6, 6.07) is 16.3. The number of anilines is 1. The molecular formula is C25H29NO7. The van der Waals surface area contributed by atoms with Gasteiger partial charge in [-0.25, -0.2) is 4.79 Å². The van der Waals surface area contributed by atoms with E-state index in [2.05, 4.69) is 0 Å². The van der Waals surface area contributed by atoms with Crippen molar-refractivity contribution < 1.29 is 33.7 Å². The van der Waals surface area contributed by atoms with Crippen LogP contribution in [0.1, 0.15) is 31.9 Å². The van der Waals surface area contributed by atoms with E-state index >= 15 is 0 Å². The van der Waals surface area contributed by atoms with Crippen LogP contribution in [0.3, 0.4) is 0 Å². The predicted molar refractivity (Wildman–Crippen MR) is 120 cm³/mol. The first kappa shape index (κ1) is 24.4. The van der Waals surface area contributed by atoms with E-state index in [0.29, 0.717) is 11.3 Å². The van der Waals surface area contributed by atoms with E-state index in [1.807, 2.05) is 30.3 Å². The van der Waals surface area contributed by atoms with E-state index in [-0.39, 0.29) is 32.1 Å². The molecule has 2 aromatic carbocycles. The fraction of sp³-hybridized carbons (Fsp3) is 0.400. The zero-order chi connectivity index (χ0) is 24.0. The van der Waals surface area contributed by atoms with Gasteiger partial charge < -0.3 is 24.2 Å². The Bertz CT molecular complexity index is 984. The van der Waals surface area contributed by atoms with Gasteiger partial charge in [0.1, 0.15) is 12.2 Å². The normalized spacial score (nSPS) is 17.4. The fourth-order valence-electron chi connectivity index (χ4n) is 3.36. The number of carbonyl (C=O) groups excluding carboxylic acids is 3. The number of rotatable bonds is 7. The van der Waals surface area contributed by atoms with Gasteiger partial charge in [0.15, 0.2) is 12.2 Å². The standard InChI is InChI=1S/C25H29NO7/c1-25(2,3)33-24(30)21(28)22-23(29)26(12-13-31-22)19-11-7-10-18(14-19)15-20(27)32-16-17-8-5-4-6-9-17/h4-11,14,21-22,28H,12-13,15-16H2,1-3H3. The van der Waals surface area contributed by atoms with Gasteiger partial charge in [-0.1, -0.05) is 42.5 Å². The molecule has 1 fully saturated rings. The number of aliphatic hydroxyl groups excluding tert-OH is 1. The van der Waals surface area contributed by atoms with Crippen LogP contribution in [-0.2, 0) is 41.6 Å². The third-order valence-electron chi connectivity index (χ3n) is 4.87. The Morgan fingerprint density at radius 2 is 1.82 bits per heavy atom. The summed E-state index contributed by atoms with van der Waals surface area (Å²) in [5, 5.41) is 10.4. The molecule has 2 atom stereocenters. The smallest absolute Gasteiger partial charge is 0.338 e. The molecule has 2 aromatic rings. The van der Waals surface area contributed by atoms with E-state index in [1.165, 1.54) is 4.90 Å². The average Bonchev–Trinajstić information content (AvgIpc) is 2.77. The molecular weight excluding hydrogens is 426 g/mol. The SMILES string of the molecule is CC(C)(C)OC(=O)C(O)C1OCCN(c2cccc(CC(=O)OCc3ccccc3)c2)C1=O. The number of nitrogens with zero attached hydrogens (tertiary/aromatic N) is 1. The van der Waals surface area contributed by atoms with Crippen LogP contribution in [0, 0.1) is 0 Å². The van der Waals surface area contributed by atoms with Crippen molar-refractivity contribution in [1.29, 1.82) is 0 Å². The molecule has 8 heteroatoms. The number of hydrogen-bond acceptors (Lipinski definition) is 7. The first-order valence-electron chi connectivity index (χ1n) is 10.8.